The molecule has 8 heteroatoms. The number of rotatable bonds is 4. The van der Waals surface area contributed by atoms with Crippen LogP contribution in [0.4, 0.5) is 0 Å². The summed E-state index contributed by atoms with van der Waals surface area (Å²) in [6, 6.07) is 7.02. The van der Waals surface area contributed by atoms with Gasteiger partial charge in [0.05, 0.1) is 11.6 Å². The van der Waals surface area contributed by atoms with Crippen molar-refractivity contribution >= 4 is 11.9 Å². The van der Waals surface area contributed by atoms with Gasteiger partial charge in [0.2, 0.25) is 0 Å². The molecule has 0 unspecified atom stereocenters. The van der Waals surface area contributed by atoms with Crippen molar-refractivity contribution < 1.29 is 14.7 Å². The zero-order valence-corrected chi connectivity index (χ0v) is 12.4. The summed E-state index contributed by atoms with van der Waals surface area (Å²) in [5.74, 6) is -1.17. The van der Waals surface area contributed by atoms with E-state index in [4.69, 9.17) is 5.11 Å². The molecule has 1 aromatic heterocycles. The number of carboxylic acids is 1. The van der Waals surface area contributed by atoms with E-state index in [-0.39, 0.29) is 17.9 Å². The van der Waals surface area contributed by atoms with Crippen molar-refractivity contribution in [2.75, 3.05) is 0 Å². The van der Waals surface area contributed by atoms with Gasteiger partial charge in [-0.1, -0.05) is 0 Å². The van der Waals surface area contributed by atoms with Gasteiger partial charge in [0.15, 0.2) is 0 Å². The van der Waals surface area contributed by atoms with Crippen molar-refractivity contribution in [3.05, 3.63) is 36.2 Å². The number of tetrazole rings is 1. The SMILES string of the molecule is O=C(NC1CCC(C(=O)O)CC1)c1ccc(-n2cnnn2)cc1. The summed E-state index contributed by atoms with van der Waals surface area (Å²) in [4.78, 5) is 23.2. The molecule has 0 spiro atoms. The van der Waals surface area contributed by atoms with Crippen LogP contribution in [0.2, 0.25) is 0 Å². The highest BCUT2D eigenvalue weighted by molar-refractivity contribution is 5.94. The normalized spacial score (nSPS) is 20.9. The van der Waals surface area contributed by atoms with Crippen LogP contribution in [-0.4, -0.2) is 43.2 Å². The van der Waals surface area contributed by atoms with Crippen molar-refractivity contribution in [2.24, 2.45) is 5.92 Å². The smallest absolute Gasteiger partial charge is 0.306 e. The van der Waals surface area contributed by atoms with Gasteiger partial charge in [0.1, 0.15) is 6.33 Å². The molecule has 1 aliphatic carbocycles. The fourth-order valence-corrected chi connectivity index (χ4v) is 2.80. The van der Waals surface area contributed by atoms with Crippen molar-refractivity contribution in [3.63, 3.8) is 0 Å². The molecule has 0 saturated heterocycles. The molecule has 1 aliphatic rings. The Hall–Kier alpha value is -2.77. The molecule has 120 valence electrons. The first-order valence-corrected chi connectivity index (χ1v) is 7.50. The Labute approximate surface area is 132 Å². The molecule has 1 aromatic carbocycles. The highest BCUT2D eigenvalue weighted by Gasteiger charge is 2.26. The van der Waals surface area contributed by atoms with Crippen LogP contribution in [0.15, 0.2) is 30.6 Å². The Balaban J connectivity index is 1.57. The maximum absolute atomic E-state index is 12.3. The summed E-state index contributed by atoms with van der Waals surface area (Å²) >= 11 is 0. The lowest BCUT2D eigenvalue weighted by molar-refractivity contribution is -0.142. The van der Waals surface area contributed by atoms with Gasteiger partial charge in [-0.05, 0) is 60.4 Å². The quantitative estimate of drug-likeness (QED) is 0.872. The van der Waals surface area contributed by atoms with E-state index in [1.165, 1.54) is 11.0 Å². The highest BCUT2D eigenvalue weighted by atomic mass is 16.4. The second-order valence-electron chi connectivity index (χ2n) is 5.66. The zero-order chi connectivity index (χ0) is 16.2. The molecule has 0 aliphatic heterocycles. The predicted octanol–water partition coefficient (Wildman–Crippen LogP) is 1.04. The van der Waals surface area contributed by atoms with Crippen molar-refractivity contribution in [3.8, 4) is 5.69 Å². The van der Waals surface area contributed by atoms with Crippen molar-refractivity contribution in [1.82, 2.24) is 25.5 Å². The Morgan fingerprint density at radius 1 is 1.13 bits per heavy atom. The summed E-state index contributed by atoms with van der Waals surface area (Å²) in [5, 5.41) is 22.9. The average molecular weight is 315 g/mol. The number of carboxylic acid groups (broad SMARTS) is 1. The predicted molar refractivity (Wildman–Crippen MR) is 80.0 cm³/mol. The van der Waals surface area contributed by atoms with E-state index < -0.39 is 5.97 Å². The molecule has 23 heavy (non-hydrogen) atoms. The van der Waals surface area contributed by atoms with Crippen LogP contribution in [0.3, 0.4) is 0 Å². The van der Waals surface area contributed by atoms with Gasteiger partial charge in [-0.15, -0.1) is 5.10 Å². The van der Waals surface area contributed by atoms with Crippen LogP contribution in [-0.2, 0) is 4.79 Å². The number of aliphatic carboxylic acids is 1. The number of nitrogens with one attached hydrogen (secondary N) is 1. The van der Waals surface area contributed by atoms with Gasteiger partial charge in [-0.2, -0.15) is 0 Å². The fraction of sp³-hybridized carbons (Fsp3) is 0.400. The van der Waals surface area contributed by atoms with E-state index in [0.717, 1.165) is 5.69 Å². The first kappa shape index (κ1) is 15.1. The molecule has 2 aromatic rings. The lowest BCUT2D eigenvalue weighted by Gasteiger charge is -2.26. The third-order valence-corrected chi connectivity index (χ3v) is 4.15. The third kappa shape index (κ3) is 3.53. The Kier molecular flexibility index (Phi) is 4.31. The summed E-state index contributed by atoms with van der Waals surface area (Å²) in [5.41, 5.74) is 1.33. The second kappa shape index (κ2) is 6.55. The largest absolute Gasteiger partial charge is 0.481 e. The monoisotopic (exact) mass is 315 g/mol. The van der Waals surface area contributed by atoms with Crippen LogP contribution >= 0.6 is 0 Å². The van der Waals surface area contributed by atoms with Crippen LogP contribution < -0.4 is 5.32 Å². The Morgan fingerprint density at radius 2 is 1.83 bits per heavy atom. The summed E-state index contributed by atoms with van der Waals surface area (Å²) < 4.78 is 1.51. The number of carbonyl (C=O) groups is 2. The molecule has 0 bridgehead atoms. The van der Waals surface area contributed by atoms with E-state index in [1.807, 2.05) is 0 Å². The number of nitrogens with zero attached hydrogens (tertiary/aromatic N) is 4. The van der Waals surface area contributed by atoms with Crippen LogP contribution in [0.25, 0.3) is 5.69 Å². The number of amides is 1. The van der Waals surface area contributed by atoms with E-state index in [0.29, 0.717) is 31.2 Å². The molecule has 0 atom stereocenters. The summed E-state index contributed by atoms with van der Waals surface area (Å²) in [6.07, 6.45) is 4.10. The van der Waals surface area contributed by atoms with E-state index in [1.54, 1.807) is 24.3 Å². The van der Waals surface area contributed by atoms with Gasteiger partial charge in [0.25, 0.3) is 5.91 Å². The lowest BCUT2D eigenvalue weighted by Crippen LogP contribution is -2.38. The molecule has 0 radical (unpaired) electrons. The first-order chi connectivity index (χ1) is 11.1. The maximum atomic E-state index is 12.3. The molecule has 1 saturated carbocycles. The highest BCUT2D eigenvalue weighted by Crippen LogP contribution is 2.24. The third-order valence-electron chi connectivity index (χ3n) is 4.15. The van der Waals surface area contributed by atoms with Crippen molar-refractivity contribution in [2.45, 2.75) is 31.7 Å². The molecule has 1 fully saturated rings. The van der Waals surface area contributed by atoms with E-state index >= 15 is 0 Å². The molecule has 1 heterocycles. The van der Waals surface area contributed by atoms with Crippen LogP contribution in [0.1, 0.15) is 36.0 Å². The minimum atomic E-state index is -0.743. The molecule has 8 nitrogen and oxygen atoms in total. The molecule has 1 amide bonds. The minimum absolute atomic E-state index is 0.0392. The molecule has 2 N–H and O–H groups in total. The number of benzene rings is 1. The van der Waals surface area contributed by atoms with E-state index in [2.05, 4.69) is 20.8 Å². The number of hydrogen-bond acceptors (Lipinski definition) is 5. The summed E-state index contributed by atoms with van der Waals surface area (Å²) in [6.45, 7) is 0. The van der Waals surface area contributed by atoms with Gasteiger partial charge in [0, 0.05) is 11.6 Å². The van der Waals surface area contributed by atoms with Crippen LogP contribution in [0.5, 0.6) is 0 Å². The molecular weight excluding hydrogens is 298 g/mol. The van der Waals surface area contributed by atoms with Gasteiger partial charge < -0.3 is 10.4 Å². The standard InChI is InChI=1S/C15H17N5O3/c21-14(17-12-5-1-11(2-6-12)15(22)23)10-3-7-13(8-4-10)20-9-16-18-19-20/h3-4,7-9,11-12H,1-2,5-6H2,(H,17,21)(H,22,23). The average Bonchev–Trinajstić information content (AvgIpc) is 3.10. The topological polar surface area (TPSA) is 110 Å². The maximum Gasteiger partial charge on any atom is 0.306 e. The van der Waals surface area contributed by atoms with Crippen LogP contribution in [0, 0.1) is 5.92 Å². The number of hydrogen-bond donors (Lipinski definition) is 2. The lowest BCUT2D eigenvalue weighted by atomic mass is 9.86. The number of aromatic nitrogens is 4. The van der Waals surface area contributed by atoms with Gasteiger partial charge in [-0.3, -0.25) is 9.59 Å². The summed E-state index contributed by atoms with van der Waals surface area (Å²) in [7, 11) is 0. The van der Waals surface area contributed by atoms with Gasteiger partial charge >= 0.3 is 5.97 Å². The first-order valence-electron chi connectivity index (χ1n) is 7.50. The molecular formula is C15H17N5O3. The second-order valence-corrected chi connectivity index (χ2v) is 5.66. The zero-order valence-electron chi connectivity index (χ0n) is 12.4. The Bertz CT molecular complexity index is 676. The van der Waals surface area contributed by atoms with E-state index in [9.17, 15) is 9.59 Å². The minimum Gasteiger partial charge on any atom is -0.481 e. The van der Waals surface area contributed by atoms with Gasteiger partial charge in [-0.25, -0.2) is 4.68 Å². The fourth-order valence-electron chi connectivity index (χ4n) is 2.80. The van der Waals surface area contributed by atoms with Crippen molar-refractivity contribution in [1.29, 1.82) is 0 Å². The number of carbonyl (C=O) groups excluding carboxylic acids is 1. The molecule has 3 rings (SSSR count). The Morgan fingerprint density at radius 3 is 2.39 bits per heavy atom.